The lowest BCUT2D eigenvalue weighted by molar-refractivity contribution is -0.384. The lowest BCUT2D eigenvalue weighted by Gasteiger charge is -2.08. The van der Waals surface area contributed by atoms with E-state index in [0.29, 0.717) is 24.4 Å². The number of nitro groups is 1. The molecule has 0 heterocycles. The summed E-state index contributed by atoms with van der Waals surface area (Å²) < 4.78 is 4.91. The maximum Gasteiger partial charge on any atom is 0.338 e. The maximum atomic E-state index is 11.5. The molecule has 0 saturated carbocycles. The molecule has 2 aromatic rings. The number of esters is 1. The highest BCUT2D eigenvalue weighted by atomic mass is 16.6. The Labute approximate surface area is 127 Å². The van der Waals surface area contributed by atoms with E-state index >= 15 is 0 Å². The van der Waals surface area contributed by atoms with Crippen molar-refractivity contribution >= 4 is 17.3 Å². The fourth-order valence-corrected chi connectivity index (χ4v) is 1.95. The Balaban J connectivity index is 2.03. The normalized spacial score (nSPS) is 10.0. The van der Waals surface area contributed by atoms with Crippen molar-refractivity contribution in [3.63, 3.8) is 0 Å². The first-order valence-corrected chi connectivity index (χ1v) is 6.85. The lowest BCUT2D eigenvalue weighted by atomic mass is 10.1. The SMILES string of the molecule is CCOC(=O)c1ccc(CNc2ccccc2[N+](=O)[O-])cc1. The van der Waals surface area contributed by atoms with E-state index in [0.717, 1.165) is 5.56 Å². The number of nitrogens with zero attached hydrogens (tertiary/aromatic N) is 1. The number of carbonyl (C=O) groups excluding carboxylic acids is 1. The number of para-hydroxylation sites is 2. The average molecular weight is 300 g/mol. The first-order valence-electron chi connectivity index (χ1n) is 6.85. The highest BCUT2D eigenvalue weighted by molar-refractivity contribution is 5.89. The molecule has 22 heavy (non-hydrogen) atoms. The van der Waals surface area contributed by atoms with Crippen molar-refractivity contribution in [2.24, 2.45) is 0 Å². The van der Waals surface area contributed by atoms with Gasteiger partial charge in [0, 0.05) is 12.6 Å². The van der Waals surface area contributed by atoms with Crippen LogP contribution in [-0.4, -0.2) is 17.5 Å². The van der Waals surface area contributed by atoms with Crippen LogP contribution in [0.25, 0.3) is 0 Å². The summed E-state index contributed by atoms with van der Waals surface area (Å²) in [4.78, 5) is 22.0. The van der Waals surface area contributed by atoms with Crippen molar-refractivity contribution < 1.29 is 14.5 Å². The van der Waals surface area contributed by atoms with E-state index in [1.807, 2.05) is 0 Å². The minimum absolute atomic E-state index is 0.0330. The zero-order valence-electron chi connectivity index (χ0n) is 12.1. The summed E-state index contributed by atoms with van der Waals surface area (Å²) in [6, 6.07) is 13.4. The van der Waals surface area contributed by atoms with Crippen LogP contribution in [0, 0.1) is 10.1 Å². The Hall–Kier alpha value is -2.89. The van der Waals surface area contributed by atoms with Crippen LogP contribution >= 0.6 is 0 Å². The Morgan fingerprint density at radius 1 is 1.18 bits per heavy atom. The molecule has 0 aliphatic carbocycles. The topological polar surface area (TPSA) is 81.5 Å². The van der Waals surface area contributed by atoms with Gasteiger partial charge in [0.05, 0.1) is 17.1 Å². The van der Waals surface area contributed by atoms with Gasteiger partial charge in [-0.1, -0.05) is 24.3 Å². The van der Waals surface area contributed by atoms with Gasteiger partial charge in [0.15, 0.2) is 0 Å². The second-order valence-electron chi connectivity index (χ2n) is 4.55. The van der Waals surface area contributed by atoms with Gasteiger partial charge in [0.25, 0.3) is 5.69 Å². The van der Waals surface area contributed by atoms with Gasteiger partial charge in [0.1, 0.15) is 5.69 Å². The van der Waals surface area contributed by atoms with Crippen LogP contribution in [0.3, 0.4) is 0 Å². The second-order valence-corrected chi connectivity index (χ2v) is 4.55. The monoisotopic (exact) mass is 300 g/mol. The lowest BCUT2D eigenvalue weighted by Crippen LogP contribution is -2.06. The zero-order chi connectivity index (χ0) is 15.9. The van der Waals surface area contributed by atoms with Crippen molar-refractivity contribution in [3.05, 3.63) is 69.8 Å². The summed E-state index contributed by atoms with van der Waals surface area (Å²) in [5.74, 6) is -0.360. The van der Waals surface area contributed by atoms with Gasteiger partial charge in [-0.15, -0.1) is 0 Å². The summed E-state index contributed by atoms with van der Waals surface area (Å²) in [5.41, 5.74) is 1.88. The van der Waals surface area contributed by atoms with Crippen LogP contribution in [0.2, 0.25) is 0 Å². The molecule has 114 valence electrons. The third-order valence-electron chi connectivity index (χ3n) is 3.05. The summed E-state index contributed by atoms with van der Waals surface area (Å²) in [7, 11) is 0. The summed E-state index contributed by atoms with van der Waals surface area (Å²) in [6.45, 7) is 2.51. The predicted octanol–water partition coefficient (Wildman–Crippen LogP) is 3.38. The van der Waals surface area contributed by atoms with Crippen LogP contribution in [0.4, 0.5) is 11.4 Å². The Bertz CT molecular complexity index is 668. The molecule has 0 bridgehead atoms. The summed E-state index contributed by atoms with van der Waals surface area (Å²) >= 11 is 0. The van der Waals surface area contributed by atoms with Crippen molar-refractivity contribution in [2.45, 2.75) is 13.5 Å². The van der Waals surface area contributed by atoms with Gasteiger partial charge < -0.3 is 10.1 Å². The van der Waals surface area contributed by atoms with E-state index in [9.17, 15) is 14.9 Å². The van der Waals surface area contributed by atoms with Crippen LogP contribution < -0.4 is 5.32 Å². The van der Waals surface area contributed by atoms with Gasteiger partial charge in [-0.3, -0.25) is 10.1 Å². The van der Waals surface area contributed by atoms with E-state index in [4.69, 9.17) is 4.74 Å². The van der Waals surface area contributed by atoms with Crippen molar-refractivity contribution in [2.75, 3.05) is 11.9 Å². The molecule has 0 aliphatic rings. The minimum Gasteiger partial charge on any atom is -0.462 e. The summed E-state index contributed by atoms with van der Waals surface area (Å²) in [5, 5.41) is 14.0. The summed E-state index contributed by atoms with van der Waals surface area (Å²) in [6.07, 6.45) is 0. The van der Waals surface area contributed by atoms with Gasteiger partial charge in [-0.05, 0) is 30.7 Å². The molecule has 2 rings (SSSR count). The standard InChI is InChI=1S/C16H16N2O4/c1-2-22-16(19)13-9-7-12(8-10-13)11-17-14-5-3-4-6-15(14)18(20)21/h3-10,17H,2,11H2,1H3. The molecule has 2 aromatic carbocycles. The molecular formula is C16H16N2O4. The molecule has 0 aliphatic heterocycles. The molecule has 0 aromatic heterocycles. The van der Waals surface area contributed by atoms with Crippen LogP contribution in [-0.2, 0) is 11.3 Å². The molecule has 0 radical (unpaired) electrons. The molecular weight excluding hydrogens is 284 g/mol. The van der Waals surface area contributed by atoms with Crippen molar-refractivity contribution in [3.8, 4) is 0 Å². The fraction of sp³-hybridized carbons (Fsp3) is 0.188. The molecule has 0 spiro atoms. The number of nitrogens with one attached hydrogen (secondary N) is 1. The number of hydrogen-bond acceptors (Lipinski definition) is 5. The fourth-order valence-electron chi connectivity index (χ4n) is 1.95. The largest absolute Gasteiger partial charge is 0.462 e. The molecule has 6 heteroatoms. The first kappa shape index (κ1) is 15.5. The second kappa shape index (κ2) is 7.21. The van der Waals surface area contributed by atoms with E-state index in [1.165, 1.54) is 6.07 Å². The zero-order valence-corrected chi connectivity index (χ0v) is 12.1. The van der Waals surface area contributed by atoms with Gasteiger partial charge in [-0.25, -0.2) is 4.79 Å². The smallest absolute Gasteiger partial charge is 0.338 e. The minimum atomic E-state index is -0.424. The number of carbonyl (C=O) groups is 1. The van der Waals surface area contributed by atoms with Gasteiger partial charge >= 0.3 is 5.97 Å². The Morgan fingerprint density at radius 3 is 2.50 bits per heavy atom. The number of ether oxygens (including phenoxy) is 1. The van der Waals surface area contributed by atoms with E-state index < -0.39 is 4.92 Å². The third-order valence-corrected chi connectivity index (χ3v) is 3.05. The molecule has 0 saturated heterocycles. The van der Waals surface area contributed by atoms with Crippen molar-refractivity contribution in [1.29, 1.82) is 0 Å². The third kappa shape index (κ3) is 3.82. The van der Waals surface area contributed by atoms with E-state index in [2.05, 4.69) is 5.32 Å². The Morgan fingerprint density at radius 2 is 1.86 bits per heavy atom. The Kier molecular flexibility index (Phi) is 5.08. The number of hydrogen-bond donors (Lipinski definition) is 1. The van der Waals surface area contributed by atoms with Crippen LogP contribution in [0.1, 0.15) is 22.8 Å². The highest BCUT2D eigenvalue weighted by Gasteiger charge is 2.11. The van der Waals surface area contributed by atoms with E-state index in [-0.39, 0.29) is 11.7 Å². The molecule has 1 N–H and O–H groups in total. The molecule has 0 amide bonds. The molecule has 0 atom stereocenters. The average Bonchev–Trinajstić information content (AvgIpc) is 2.54. The molecule has 0 fully saturated rings. The number of rotatable bonds is 6. The molecule has 0 unspecified atom stereocenters. The van der Waals surface area contributed by atoms with Gasteiger partial charge in [-0.2, -0.15) is 0 Å². The van der Waals surface area contributed by atoms with Crippen molar-refractivity contribution in [1.82, 2.24) is 0 Å². The number of nitro benzene ring substituents is 1. The molecule has 6 nitrogen and oxygen atoms in total. The highest BCUT2D eigenvalue weighted by Crippen LogP contribution is 2.23. The van der Waals surface area contributed by atoms with Gasteiger partial charge in [0.2, 0.25) is 0 Å². The van der Waals surface area contributed by atoms with E-state index in [1.54, 1.807) is 49.4 Å². The number of anilines is 1. The van der Waals surface area contributed by atoms with Crippen LogP contribution in [0.15, 0.2) is 48.5 Å². The first-order chi connectivity index (χ1) is 10.6. The maximum absolute atomic E-state index is 11.5. The quantitative estimate of drug-likeness (QED) is 0.502. The van der Waals surface area contributed by atoms with Crippen LogP contribution in [0.5, 0.6) is 0 Å². The number of benzene rings is 2. The predicted molar refractivity (Wildman–Crippen MR) is 82.8 cm³/mol.